The number of carbonyl (C=O) groups is 2. The van der Waals surface area contributed by atoms with E-state index in [1.54, 1.807) is 19.2 Å². The van der Waals surface area contributed by atoms with Crippen molar-refractivity contribution in [3.8, 4) is 0 Å². The Balaban J connectivity index is 2.41. The molecular weight excluding hydrogens is 246 g/mol. The quantitative estimate of drug-likeness (QED) is 0.727. The van der Waals surface area contributed by atoms with Crippen molar-refractivity contribution in [3.63, 3.8) is 0 Å². The summed E-state index contributed by atoms with van der Waals surface area (Å²) >= 11 is 0. The molecule has 0 fully saturated rings. The molecule has 0 bridgehead atoms. The van der Waals surface area contributed by atoms with Crippen LogP contribution in [0.15, 0.2) is 24.4 Å². The Bertz CT molecular complexity index is 422. The molecule has 1 heterocycles. The summed E-state index contributed by atoms with van der Waals surface area (Å²) in [6.45, 7) is 3.71. The largest absolute Gasteiger partial charge is 0.481 e. The first-order chi connectivity index (χ1) is 9.04. The maximum Gasteiger partial charge on any atom is 0.315 e. The lowest BCUT2D eigenvalue weighted by Gasteiger charge is -2.15. The molecule has 0 saturated carbocycles. The van der Waals surface area contributed by atoms with E-state index in [0.29, 0.717) is 6.42 Å². The van der Waals surface area contributed by atoms with Crippen molar-refractivity contribution in [1.29, 1.82) is 0 Å². The van der Waals surface area contributed by atoms with E-state index in [2.05, 4.69) is 15.6 Å². The Hall–Kier alpha value is -2.11. The molecule has 1 rings (SSSR count). The summed E-state index contributed by atoms with van der Waals surface area (Å²) in [5, 5.41) is 14.1. The summed E-state index contributed by atoms with van der Waals surface area (Å²) in [5.74, 6) is -1.46. The molecule has 2 atom stereocenters. The maximum atomic E-state index is 11.6. The molecule has 0 aromatic carbocycles. The number of nitrogens with zero attached hydrogens (tertiary/aromatic N) is 1. The van der Waals surface area contributed by atoms with Gasteiger partial charge in [0.15, 0.2) is 0 Å². The summed E-state index contributed by atoms with van der Waals surface area (Å²) < 4.78 is 0. The van der Waals surface area contributed by atoms with Crippen LogP contribution in [0.5, 0.6) is 0 Å². The van der Waals surface area contributed by atoms with E-state index < -0.39 is 17.9 Å². The fourth-order valence-electron chi connectivity index (χ4n) is 1.58. The van der Waals surface area contributed by atoms with E-state index in [1.165, 1.54) is 0 Å². The monoisotopic (exact) mass is 265 g/mol. The normalized spacial score (nSPS) is 13.4. The number of pyridine rings is 1. The number of aromatic nitrogens is 1. The number of carboxylic acids is 1. The van der Waals surface area contributed by atoms with Crippen molar-refractivity contribution in [3.05, 3.63) is 30.1 Å². The number of aliphatic carboxylic acids is 1. The van der Waals surface area contributed by atoms with Gasteiger partial charge in [-0.15, -0.1) is 0 Å². The Morgan fingerprint density at radius 2 is 2.16 bits per heavy atom. The van der Waals surface area contributed by atoms with Crippen LogP contribution in [-0.4, -0.2) is 28.6 Å². The predicted molar refractivity (Wildman–Crippen MR) is 70.6 cm³/mol. The highest BCUT2D eigenvalue weighted by Gasteiger charge is 2.16. The van der Waals surface area contributed by atoms with E-state index in [1.807, 2.05) is 19.1 Å². The molecule has 19 heavy (non-hydrogen) atoms. The van der Waals surface area contributed by atoms with Gasteiger partial charge in [-0.3, -0.25) is 9.78 Å². The first-order valence-corrected chi connectivity index (χ1v) is 6.22. The SMILES string of the molecule is CCC(CNC(=O)NC(C)c1ccccn1)C(=O)O. The van der Waals surface area contributed by atoms with Gasteiger partial charge in [-0.2, -0.15) is 0 Å². The zero-order chi connectivity index (χ0) is 14.3. The highest BCUT2D eigenvalue weighted by Crippen LogP contribution is 2.07. The van der Waals surface area contributed by atoms with Gasteiger partial charge in [0.25, 0.3) is 0 Å². The van der Waals surface area contributed by atoms with Crippen molar-refractivity contribution >= 4 is 12.0 Å². The molecule has 3 N–H and O–H groups in total. The van der Waals surface area contributed by atoms with Crippen LogP contribution in [0.25, 0.3) is 0 Å². The van der Waals surface area contributed by atoms with Gasteiger partial charge in [-0.25, -0.2) is 4.79 Å². The van der Waals surface area contributed by atoms with Gasteiger partial charge in [0.1, 0.15) is 0 Å². The van der Waals surface area contributed by atoms with Crippen molar-refractivity contribution < 1.29 is 14.7 Å². The number of hydrogen-bond acceptors (Lipinski definition) is 3. The second kappa shape index (κ2) is 7.35. The van der Waals surface area contributed by atoms with Gasteiger partial charge in [0, 0.05) is 12.7 Å². The second-order valence-corrected chi connectivity index (χ2v) is 4.27. The maximum absolute atomic E-state index is 11.6. The van der Waals surface area contributed by atoms with Gasteiger partial charge in [-0.1, -0.05) is 13.0 Å². The molecule has 1 aromatic rings. The van der Waals surface area contributed by atoms with Crippen molar-refractivity contribution in [2.45, 2.75) is 26.3 Å². The molecule has 6 nitrogen and oxygen atoms in total. The minimum absolute atomic E-state index is 0.118. The molecule has 2 unspecified atom stereocenters. The van der Waals surface area contributed by atoms with Gasteiger partial charge in [0.05, 0.1) is 17.7 Å². The third kappa shape index (κ3) is 4.95. The first kappa shape index (κ1) is 14.9. The first-order valence-electron chi connectivity index (χ1n) is 6.22. The zero-order valence-corrected chi connectivity index (χ0v) is 11.1. The molecule has 2 amide bonds. The van der Waals surface area contributed by atoms with E-state index in [4.69, 9.17) is 5.11 Å². The number of nitrogens with one attached hydrogen (secondary N) is 2. The Morgan fingerprint density at radius 1 is 1.42 bits per heavy atom. The minimum Gasteiger partial charge on any atom is -0.481 e. The predicted octanol–water partition coefficient (Wildman–Crippen LogP) is 1.55. The molecule has 0 spiro atoms. The summed E-state index contributed by atoms with van der Waals surface area (Å²) in [6.07, 6.45) is 2.13. The molecule has 0 saturated heterocycles. The highest BCUT2D eigenvalue weighted by atomic mass is 16.4. The minimum atomic E-state index is -0.902. The fraction of sp³-hybridized carbons (Fsp3) is 0.462. The van der Waals surface area contributed by atoms with Crippen LogP contribution < -0.4 is 10.6 Å². The van der Waals surface area contributed by atoms with Crippen LogP contribution in [0, 0.1) is 5.92 Å². The zero-order valence-electron chi connectivity index (χ0n) is 11.1. The topological polar surface area (TPSA) is 91.3 Å². The number of urea groups is 1. The summed E-state index contributed by atoms with van der Waals surface area (Å²) in [5.41, 5.74) is 0.753. The summed E-state index contributed by atoms with van der Waals surface area (Å²) in [7, 11) is 0. The lowest BCUT2D eigenvalue weighted by atomic mass is 10.1. The molecule has 104 valence electrons. The van der Waals surface area contributed by atoms with E-state index in [9.17, 15) is 9.59 Å². The summed E-state index contributed by atoms with van der Waals surface area (Å²) in [4.78, 5) is 26.6. The average molecular weight is 265 g/mol. The number of amides is 2. The Labute approximate surface area is 112 Å². The van der Waals surface area contributed by atoms with Gasteiger partial charge >= 0.3 is 12.0 Å². The van der Waals surface area contributed by atoms with E-state index in [0.717, 1.165) is 5.69 Å². The Morgan fingerprint density at radius 3 is 2.68 bits per heavy atom. The van der Waals surface area contributed by atoms with Crippen LogP contribution in [0.1, 0.15) is 32.0 Å². The van der Waals surface area contributed by atoms with Gasteiger partial charge in [-0.05, 0) is 25.5 Å². The van der Waals surface area contributed by atoms with Crippen LogP contribution in [-0.2, 0) is 4.79 Å². The van der Waals surface area contributed by atoms with Crippen LogP contribution in [0.3, 0.4) is 0 Å². The van der Waals surface area contributed by atoms with Crippen molar-refractivity contribution in [1.82, 2.24) is 15.6 Å². The van der Waals surface area contributed by atoms with Crippen LogP contribution in [0.2, 0.25) is 0 Å². The number of hydrogen-bond donors (Lipinski definition) is 3. The van der Waals surface area contributed by atoms with Crippen molar-refractivity contribution in [2.75, 3.05) is 6.54 Å². The van der Waals surface area contributed by atoms with E-state index >= 15 is 0 Å². The Kier molecular flexibility index (Phi) is 5.78. The molecule has 6 heteroatoms. The van der Waals surface area contributed by atoms with Gasteiger partial charge < -0.3 is 15.7 Å². The molecule has 0 aliphatic heterocycles. The number of rotatable bonds is 6. The number of carboxylic acid groups (broad SMARTS) is 1. The molecule has 0 aliphatic carbocycles. The number of carbonyl (C=O) groups excluding carboxylic acids is 1. The van der Waals surface area contributed by atoms with Crippen LogP contribution in [0.4, 0.5) is 4.79 Å². The summed E-state index contributed by atoms with van der Waals surface area (Å²) in [6, 6.07) is 4.84. The standard InChI is InChI=1S/C13H19N3O3/c1-3-10(12(17)18)8-15-13(19)16-9(2)11-6-4-5-7-14-11/h4-7,9-10H,3,8H2,1-2H3,(H,17,18)(H2,15,16,19). The van der Waals surface area contributed by atoms with E-state index in [-0.39, 0.29) is 12.6 Å². The average Bonchev–Trinajstić information content (AvgIpc) is 2.40. The van der Waals surface area contributed by atoms with Gasteiger partial charge in [0.2, 0.25) is 0 Å². The molecule has 1 aromatic heterocycles. The highest BCUT2D eigenvalue weighted by molar-refractivity contribution is 5.76. The van der Waals surface area contributed by atoms with Crippen molar-refractivity contribution in [2.24, 2.45) is 5.92 Å². The lowest BCUT2D eigenvalue weighted by Crippen LogP contribution is -2.40. The molecular formula is C13H19N3O3. The third-order valence-corrected chi connectivity index (χ3v) is 2.83. The smallest absolute Gasteiger partial charge is 0.315 e. The molecule has 0 radical (unpaired) electrons. The van der Waals surface area contributed by atoms with Crippen LogP contribution >= 0.6 is 0 Å². The fourth-order valence-corrected chi connectivity index (χ4v) is 1.58. The second-order valence-electron chi connectivity index (χ2n) is 4.27. The third-order valence-electron chi connectivity index (χ3n) is 2.83. The lowest BCUT2D eigenvalue weighted by molar-refractivity contribution is -0.141. The molecule has 0 aliphatic rings.